The second kappa shape index (κ2) is 7.82. The molecule has 0 saturated heterocycles. The summed E-state index contributed by atoms with van der Waals surface area (Å²) < 4.78 is 27.8. The van der Waals surface area contributed by atoms with E-state index in [0.29, 0.717) is 17.5 Å². The first kappa shape index (κ1) is 20.5. The van der Waals surface area contributed by atoms with E-state index in [0.717, 1.165) is 31.9 Å². The average Bonchev–Trinajstić information content (AvgIpc) is 3.32. The van der Waals surface area contributed by atoms with Crippen molar-refractivity contribution in [2.45, 2.75) is 50.6 Å². The van der Waals surface area contributed by atoms with E-state index in [2.05, 4.69) is 34.3 Å². The van der Waals surface area contributed by atoms with Gasteiger partial charge in [-0.25, -0.2) is 17.9 Å². The topological polar surface area (TPSA) is 111 Å². The van der Waals surface area contributed by atoms with E-state index in [1.165, 1.54) is 10.7 Å². The van der Waals surface area contributed by atoms with E-state index in [1.807, 2.05) is 0 Å². The van der Waals surface area contributed by atoms with Crippen molar-refractivity contribution in [1.82, 2.24) is 24.4 Å². The van der Waals surface area contributed by atoms with Crippen molar-refractivity contribution in [3.8, 4) is 0 Å². The van der Waals surface area contributed by atoms with Crippen molar-refractivity contribution in [3.05, 3.63) is 36.4 Å². The Labute approximate surface area is 175 Å². The van der Waals surface area contributed by atoms with Gasteiger partial charge in [-0.3, -0.25) is 9.48 Å². The van der Waals surface area contributed by atoms with Crippen molar-refractivity contribution in [1.29, 1.82) is 0 Å². The molecular weight excluding hydrogens is 404 g/mol. The van der Waals surface area contributed by atoms with Crippen LogP contribution in [0, 0.1) is 11.8 Å². The highest BCUT2D eigenvalue weighted by Crippen LogP contribution is 2.36. The summed E-state index contributed by atoms with van der Waals surface area (Å²) in [6, 6.07) is 1.84. The fraction of sp³-hybridized carbons (Fsp3) is 0.500. The van der Waals surface area contributed by atoms with E-state index in [9.17, 15) is 13.2 Å². The van der Waals surface area contributed by atoms with Gasteiger partial charge in [-0.15, -0.1) is 0 Å². The fourth-order valence-corrected chi connectivity index (χ4v) is 4.88. The van der Waals surface area contributed by atoms with Crippen molar-refractivity contribution < 1.29 is 13.2 Å². The van der Waals surface area contributed by atoms with Gasteiger partial charge in [-0.05, 0) is 43.6 Å². The number of nitrogens with one attached hydrogen (secondary N) is 1. The zero-order chi connectivity index (χ0) is 21.5. The predicted molar refractivity (Wildman–Crippen MR) is 112 cm³/mol. The van der Waals surface area contributed by atoms with Crippen LogP contribution >= 0.6 is 0 Å². The molecule has 1 saturated carbocycles. The van der Waals surface area contributed by atoms with Crippen LogP contribution in [-0.4, -0.2) is 45.0 Å². The Morgan fingerprint density at radius 1 is 1.23 bits per heavy atom. The Morgan fingerprint density at radius 3 is 2.63 bits per heavy atom. The summed E-state index contributed by atoms with van der Waals surface area (Å²) in [5, 5.41) is 11.0. The largest absolute Gasteiger partial charge is 0.318 e. The normalized spacial score (nSPS) is 20.0. The third-order valence-corrected chi connectivity index (χ3v) is 6.88. The Bertz CT molecular complexity index is 1170. The van der Waals surface area contributed by atoms with Crippen LogP contribution in [0.5, 0.6) is 0 Å². The van der Waals surface area contributed by atoms with Crippen LogP contribution in [0.2, 0.25) is 0 Å². The van der Waals surface area contributed by atoms with Gasteiger partial charge < -0.3 is 5.32 Å². The highest BCUT2D eigenvalue weighted by Gasteiger charge is 2.28. The summed E-state index contributed by atoms with van der Waals surface area (Å²) in [7, 11) is -3.62. The number of carbonyl (C=O) groups excluding carboxylic acids is 1. The molecule has 1 aliphatic rings. The van der Waals surface area contributed by atoms with Gasteiger partial charge in [-0.1, -0.05) is 13.8 Å². The number of nitrogens with zero attached hydrogens (tertiary/aromatic N) is 5. The molecule has 1 N–H and O–H groups in total. The van der Waals surface area contributed by atoms with Crippen molar-refractivity contribution in [3.63, 3.8) is 0 Å². The molecule has 1 aliphatic carbocycles. The van der Waals surface area contributed by atoms with E-state index in [4.69, 9.17) is 0 Å². The minimum absolute atomic E-state index is 0.119. The van der Waals surface area contributed by atoms with Crippen LogP contribution in [-0.2, 0) is 9.84 Å². The summed E-state index contributed by atoms with van der Waals surface area (Å²) >= 11 is 0. The molecule has 0 radical (unpaired) electrons. The fourth-order valence-electron chi connectivity index (χ4n) is 4.13. The first-order chi connectivity index (χ1) is 14.2. The second-order valence-electron chi connectivity index (χ2n) is 8.31. The van der Waals surface area contributed by atoms with Crippen molar-refractivity contribution >= 4 is 27.1 Å². The summed E-state index contributed by atoms with van der Waals surface area (Å²) in [6.07, 6.45) is 11.5. The molecule has 0 atom stereocenters. The molecule has 160 valence electrons. The van der Waals surface area contributed by atoms with E-state index < -0.39 is 15.7 Å². The van der Waals surface area contributed by atoms with Gasteiger partial charge in [0.05, 0.1) is 24.1 Å². The molecule has 3 aromatic heterocycles. The highest BCUT2D eigenvalue weighted by atomic mass is 32.2. The first-order valence-corrected chi connectivity index (χ1v) is 12.0. The minimum Gasteiger partial charge on any atom is -0.318 e. The molecule has 3 heterocycles. The number of hydrogen-bond donors (Lipinski definition) is 1. The molecule has 0 aliphatic heterocycles. The number of anilines is 1. The molecule has 0 unspecified atom stereocenters. The zero-order valence-electron chi connectivity index (χ0n) is 17.3. The first-order valence-electron chi connectivity index (χ1n) is 10.1. The number of amides is 1. The molecule has 0 aromatic carbocycles. The molecule has 1 fully saturated rings. The number of carbonyl (C=O) groups is 1. The lowest BCUT2D eigenvalue weighted by atomic mass is 9.80. The maximum absolute atomic E-state index is 12.8. The Balaban J connectivity index is 1.60. The van der Waals surface area contributed by atoms with Crippen LogP contribution in [0.1, 0.15) is 55.9 Å². The van der Waals surface area contributed by atoms with Crippen LogP contribution in [0.25, 0.3) is 5.65 Å². The molecule has 1 amide bonds. The average molecular weight is 431 g/mol. The third kappa shape index (κ3) is 3.96. The second-order valence-corrected chi connectivity index (χ2v) is 10.2. The number of rotatable bonds is 5. The molecule has 0 bridgehead atoms. The maximum atomic E-state index is 12.8. The molecule has 30 heavy (non-hydrogen) atoms. The summed E-state index contributed by atoms with van der Waals surface area (Å²) in [5.41, 5.74) is 0.847. The van der Waals surface area contributed by atoms with E-state index >= 15 is 0 Å². The van der Waals surface area contributed by atoms with Crippen LogP contribution in [0.4, 0.5) is 5.69 Å². The van der Waals surface area contributed by atoms with Gasteiger partial charge in [0.2, 0.25) is 0 Å². The molecule has 0 spiro atoms. The lowest BCUT2D eigenvalue weighted by Gasteiger charge is -2.30. The molecule has 9 nitrogen and oxygen atoms in total. The van der Waals surface area contributed by atoms with Gasteiger partial charge in [0, 0.05) is 18.6 Å². The number of aromatic nitrogens is 5. The quantitative estimate of drug-likeness (QED) is 0.666. The van der Waals surface area contributed by atoms with Gasteiger partial charge in [0.15, 0.2) is 20.5 Å². The molecule has 4 rings (SSSR count). The standard InChI is InChI=1S/C20H26N6O3S/c1-13(2)14-5-7-15(8-6-14)26-12-17(20(24-26)30(3,28)29)23-19(27)16-11-22-25-10-4-9-21-18(16)25/h4,9-15H,5-8H2,1-3H3,(H,23,27)/t14-,15-. The Hall–Kier alpha value is -2.75. The monoisotopic (exact) mass is 430 g/mol. The van der Waals surface area contributed by atoms with Gasteiger partial charge >= 0.3 is 0 Å². The molecular formula is C20H26N6O3S. The third-order valence-electron chi connectivity index (χ3n) is 5.88. The number of sulfone groups is 1. The zero-order valence-corrected chi connectivity index (χ0v) is 18.1. The van der Waals surface area contributed by atoms with Gasteiger partial charge in [-0.2, -0.15) is 10.2 Å². The molecule has 10 heteroatoms. The Morgan fingerprint density at radius 2 is 1.97 bits per heavy atom. The lowest BCUT2D eigenvalue weighted by molar-refractivity contribution is 0.102. The lowest BCUT2D eigenvalue weighted by Crippen LogP contribution is -2.21. The van der Waals surface area contributed by atoms with Crippen LogP contribution < -0.4 is 5.32 Å². The number of hydrogen-bond acceptors (Lipinski definition) is 6. The van der Waals surface area contributed by atoms with Crippen molar-refractivity contribution in [2.75, 3.05) is 11.6 Å². The summed E-state index contributed by atoms with van der Waals surface area (Å²) in [6.45, 7) is 4.48. The summed E-state index contributed by atoms with van der Waals surface area (Å²) in [4.78, 5) is 17.0. The maximum Gasteiger partial charge on any atom is 0.261 e. The Kier molecular flexibility index (Phi) is 5.35. The predicted octanol–water partition coefficient (Wildman–Crippen LogP) is 2.97. The van der Waals surface area contributed by atoms with E-state index in [1.54, 1.807) is 29.3 Å². The number of fused-ring (bicyclic) bond motifs is 1. The van der Waals surface area contributed by atoms with Crippen LogP contribution in [0.15, 0.2) is 35.9 Å². The van der Waals surface area contributed by atoms with Crippen molar-refractivity contribution in [2.24, 2.45) is 11.8 Å². The highest BCUT2D eigenvalue weighted by molar-refractivity contribution is 7.90. The summed E-state index contributed by atoms with van der Waals surface area (Å²) in [5.74, 6) is 0.856. The smallest absolute Gasteiger partial charge is 0.261 e. The van der Waals surface area contributed by atoms with Gasteiger partial charge in [0.1, 0.15) is 5.56 Å². The van der Waals surface area contributed by atoms with E-state index in [-0.39, 0.29) is 22.3 Å². The van der Waals surface area contributed by atoms with Crippen LogP contribution in [0.3, 0.4) is 0 Å². The SMILES string of the molecule is CC(C)[C@H]1CC[C@H](n2cc(NC(=O)c3cnn4cccnc34)c(S(C)(=O)=O)n2)CC1. The minimum atomic E-state index is -3.62. The molecule has 3 aromatic rings. The van der Waals surface area contributed by atoms with Gasteiger partial charge in [0.25, 0.3) is 5.91 Å².